The van der Waals surface area contributed by atoms with E-state index in [0.717, 1.165) is 28.4 Å². The van der Waals surface area contributed by atoms with Gasteiger partial charge in [-0.15, -0.1) is 11.8 Å². The van der Waals surface area contributed by atoms with Crippen LogP contribution in [-0.4, -0.2) is 4.57 Å². The molecule has 0 radical (unpaired) electrons. The van der Waals surface area contributed by atoms with E-state index in [1.165, 1.54) is 15.8 Å². The molecule has 27 heavy (non-hydrogen) atoms. The van der Waals surface area contributed by atoms with Crippen molar-refractivity contribution in [3.8, 4) is 0 Å². The van der Waals surface area contributed by atoms with E-state index < -0.39 is 0 Å². The normalized spacial score (nSPS) is 11.2. The summed E-state index contributed by atoms with van der Waals surface area (Å²) in [5, 5.41) is 3.22. The zero-order valence-electron chi connectivity index (χ0n) is 14.3. The minimum Gasteiger partial charge on any atom is -0.342 e. The van der Waals surface area contributed by atoms with E-state index in [1.54, 1.807) is 11.8 Å². The number of thioether (sulfide) groups is 1. The summed E-state index contributed by atoms with van der Waals surface area (Å²) in [6.07, 6.45) is 2.20. The summed E-state index contributed by atoms with van der Waals surface area (Å²) in [4.78, 5) is 1.24. The molecule has 0 aliphatic heterocycles. The van der Waals surface area contributed by atoms with Crippen LogP contribution in [0.5, 0.6) is 0 Å². The Bertz CT molecular complexity index is 1100. The van der Waals surface area contributed by atoms with Crippen LogP contribution in [0.1, 0.15) is 11.1 Å². The topological polar surface area (TPSA) is 4.93 Å². The lowest BCUT2D eigenvalue weighted by molar-refractivity contribution is 0.830. The number of benzene rings is 3. The molecule has 0 spiro atoms. The molecule has 0 unspecified atom stereocenters. The molecule has 3 aromatic carbocycles. The average Bonchev–Trinajstić information content (AvgIpc) is 3.02. The number of hydrogen-bond acceptors (Lipinski definition) is 1. The molecule has 0 atom stereocenters. The summed E-state index contributed by atoms with van der Waals surface area (Å²) in [7, 11) is 0. The molecule has 0 aliphatic carbocycles. The van der Waals surface area contributed by atoms with Gasteiger partial charge in [-0.1, -0.05) is 77.3 Å². The first-order valence-corrected chi connectivity index (χ1v) is 10.6. The first-order valence-electron chi connectivity index (χ1n) is 8.50. The Balaban J connectivity index is 1.63. The summed E-state index contributed by atoms with van der Waals surface area (Å²) in [6.45, 7) is 0.744. The fourth-order valence-corrected chi connectivity index (χ4v) is 4.61. The van der Waals surface area contributed by atoms with Crippen molar-refractivity contribution >= 4 is 57.5 Å². The average molecular weight is 433 g/mol. The monoisotopic (exact) mass is 431 g/mol. The number of nitrogens with zero attached hydrogens (tertiary/aromatic N) is 1. The number of para-hydroxylation sites is 1. The van der Waals surface area contributed by atoms with Gasteiger partial charge in [-0.05, 0) is 35.4 Å². The number of hydrogen-bond donors (Lipinski definition) is 0. The summed E-state index contributed by atoms with van der Waals surface area (Å²) in [6, 6.07) is 22.2. The van der Waals surface area contributed by atoms with Crippen molar-refractivity contribution in [2.45, 2.75) is 17.2 Å². The quantitative estimate of drug-likeness (QED) is 0.290. The minimum atomic E-state index is 0.585. The van der Waals surface area contributed by atoms with E-state index in [-0.39, 0.29) is 0 Å². The molecule has 0 fully saturated rings. The molecule has 4 aromatic rings. The predicted molar refractivity (Wildman–Crippen MR) is 119 cm³/mol. The molecular formula is C22H16Cl3NS. The van der Waals surface area contributed by atoms with Crippen LogP contribution in [0.15, 0.2) is 77.8 Å². The first kappa shape index (κ1) is 18.8. The Hall–Kier alpha value is -1.58. The smallest absolute Gasteiger partial charge is 0.0595 e. The second-order valence-corrected chi connectivity index (χ2v) is 8.51. The highest BCUT2D eigenvalue weighted by molar-refractivity contribution is 7.98. The van der Waals surface area contributed by atoms with Gasteiger partial charge in [0.1, 0.15) is 0 Å². The molecule has 0 bridgehead atoms. The van der Waals surface area contributed by atoms with E-state index in [4.69, 9.17) is 34.8 Å². The first-order chi connectivity index (χ1) is 13.1. The zero-order valence-corrected chi connectivity index (χ0v) is 17.4. The fraction of sp³-hybridized carbons (Fsp3) is 0.0909. The van der Waals surface area contributed by atoms with E-state index in [9.17, 15) is 0 Å². The van der Waals surface area contributed by atoms with Crippen LogP contribution in [0.4, 0.5) is 0 Å². The summed E-state index contributed by atoms with van der Waals surface area (Å²) < 4.78 is 2.26. The predicted octanol–water partition coefficient (Wildman–Crippen LogP) is 7.94. The second kappa shape index (κ2) is 8.20. The molecule has 1 heterocycles. The summed E-state index contributed by atoms with van der Waals surface area (Å²) in [5.74, 6) is 0.830. The molecule has 5 heteroatoms. The van der Waals surface area contributed by atoms with E-state index in [1.807, 2.05) is 36.4 Å². The van der Waals surface area contributed by atoms with Crippen molar-refractivity contribution in [2.75, 3.05) is 0 Å². The van der Waals surface area contributed by atoms with Gasteiger partial charge in [0.15, 0.2) is 0 Å². The molecule has 1 nitrogen and oxygen atoms in total. The maximum atomic E-state index is 6.36. The van der Waals surface area contributed by atoms with Crippen molar-refractivity contribution in [3.05, 3.63) is 99.1 Å². The van der Waals surface area contributed by atoms with E-state index >= 15 is 0 Å². The van der Waals surface area contributed by atoms with E-state index in [2.05, 4.69) is 41.1 Å². The third kappa shape index (κ3) is 4.14. The molecule has 0 N–H and O–H groups in total. The molecule has 0 amide bonds. The standard InChI is InChI=1S/C22H16Cl3NS/c23-18-7-3-1-5-16(18)12-26-13-22(17-6-2-4-8-21(17)26)27-14-15-9-10-19(24)20(25)11-15/h1-11,13H,12,14H2. The molecule has 0 aliphatic rings. The third-order valence-corrected chi connectivity index (χ3v) is 6.65. The van der Waals surface area contributed by atoms with Gasteiger partial charge in [0.2, 0.25) is 0 Å². The van der Waals surface area contributed by atoms with Crippen molar-refractivity contribution < 1.29 is 0 Å². The maximum Gasteiger partial charge on any atom is 0.0595 e. The van der Waals surface area contributed by atoms with Crippen molar-refractivity contribution in [1.82, 2.24) is 4.57 Å². The Morgan fingerprint density at radius 3 is 2.37 bits per heavy atom. The van der Waals surface area contributed by atoms with Gasteiger partial charge in [-0.3, -0.25) is 0 Å². The lowest BCUT2D eigenvalue weighted by atomic mass is 10.2. The largest absolute Gasteiger partial charge is 0.342 e. The number of fused-ring (bicyclic) bond motifs is 1. The van der Waals surface area contributed by atoms with Crippen LogP contribution < -0.4 is 0 Å². The van der Waals surface area contributed by atoms with Crippen LogP contribution >= 0.6 is 46.6 Å². The van der Waals surface area contributed by atoms with Gasteiger partial charge in [0.25, 0.3) is 0 Å². The molecule has 0 saturated heterocycles. The Kier molecular flexibility index (Phi) is 5.70. The Morgan fingerprint density at radius 2 is 1.56 bits per heavy atom. The molecule has 0 saturated carbocycles. The highest BCUT2D eigenvalue weighted by Crippen LogP contribution is 2.34. The highest BCUT2D eigenvalue weighted by atomic mass is 35.5. The van der Waals surface area contributed by atoms with Crippen LogP contribution in [0.3, 0.4) is 0 Å². The fourth-order valence-electron chi connectivity index (χ4n) is 3.06. The summed E-state index contributed by atoms with van der Waals surface area (Å²) >= 11 is 20.3. The lowest BCUT2D eigenvalue weighted by Gasteiger charge is -2.07. The van der Waals surface area contributed by atoms with Crippen molar-refractivity contribution in [1.29, 1.82) is 0 Å². The maximum absolute atomic E-state index is 6.36. The Morgan fingerprint density at radius 1 is 0.778 bits per heavy atom. The molecule has 136 valence electrons. The Labute approximate surface area is 177 Å². The van der Waals surface area contributed by atoms with Crippen LogP contribution in [0.2, 0.25) is 15.1 Å². The number of rotatable bonds is 5. The van der Waals surface area contributed by atoms with Crippen LogP contribution in [0, 0.1) is 0 Å². The summed E-state index contributed by atoms with van der Waals surface area (Å²) in [5.41, 5.74) is 3.47. The number of halogens is 3. The van der Waals surface area contributed by atoms with E-state index in [0.29, 0.717) is 10.0 Å². The SMILES string of the molecule is Clc1ccc(CSc2cn(Cc3ccccc3Cl)c3ccccc23)cc1Cl. The van der Waals surface area contributed by atoms with Gasteiger partial charge in [0.05, 0.1) is 10.0 Å². The van der Waals surface area contributed by atoms with Gasteiger partial charge in [-0.25, -0.2) is 0 Å². The van der Waals surface area contributed by atoms with Gasteiger partial charge in [-0.2, -0.15) is 0 Å². The lowest BCUT2D eigenvalue weighted by Crippen LogP contribution is -1.98. The molecular weight excluding hydrogens is 417 g/mol. The van der Waals surface area contributed by atoms with Gasteiger partial charge < -0.3 is 4.57 Å². The second-order valence-electron chi connectivity index (χ2n) is 6.27. The van der Waals surface area contributed by atoms with Gasteiger partial charge in [0, 0.05) is 39.3 Å². The van der Waals surface area contributed by atoms with Crippen molar-refractivity contribution in [3.63, 3.8) is 0 Å². The number of aromatic nitrogens is 1. The van der Waals surface area contributed by atoms with Gasteiger partial charge >= 0.3 is 0 Å². The third-order valence-electron chi connectivity index (χ3n) is 4.43. The van der Waals surface area contributed by atoms with Crippen molar-refractivity contribution in [2.24, 2.45) is 0 Å². The molecule has 1 aromatic heterocycles. The zero-order chi connectivity index (χ0) is 18.8. The van der Waals surface area contributed by atoms with Crippen LogP contribution in [-0.2, 0) is 12.3 Å². The highest BCUT2D eigenvalue weighted by Gasteiger charge is 2.11. The molecule has 4 rings (SSSR count). The minimum absolute atomic E-state index is 0.585. The van der Waals surface area contributed by atoms with Crippen LogP contribution in [0.25, 0.3) is 10.9 Å².